The van der Waals surface area contributed by atoms with Crippen LogP contribution in [0.5, 0.6) is 0 Å². The van der Waals surface area contributed by atoms with E-state index in [-0.39, 0.29) is 16.5 Å². The minimum Gasteiger partial charge on any atom is -0.310 e. The Bertz CT molecular complexity index is 555. The molecule has 0 spiro atoms. The van der Waals surface area contributed by atoms with Gasteiger partial charge in [0.15, 0.2) is 5.03 Å². The van der Waals surface area contributed by atoms with E-state index in [0.717, 1.165) is 0 Å². The Morgan fingerprint density at radius 3 is 2.65 bits per heavy atom. The summed E-state index contributed by atoms with van der Waals surface area (Å²) in [5.41, 5.74) is 0.546. The van der Waals surface area contributed by atoms with Gasteiger partial charge in [0.25, 0.3) is 10.0 Å². The number of H-pyrrole nitrogens is 1. The van der Waals surface area contributed by atoms with E-state index < -0.39 is 10.0 Å². The van der Waals surface area contributed by atoms with Crippen molar-refractivity contribution in [3.8, 4) is 0 Å². The van der Waals surface area contributed by atoms with Gasteiger partial charge in [-0.15, -0.1) is 0 Å². The van der Waals surface area contributed by atoms with Crippen molar-refractivity contribution in [2.75, 3.05) is 0 Å². The number of nitrogens with one attached hydrogen (secondary N) is 3. The molecule has 1 aliphatic rings. The van der Waals surface area contributed by atoms with E-state index >= 15 is 0 Å². The Labute approximate surface area is 120 Å². The van der Waals surface area contributed by atoms with Crippen LogP contribution in [0, 0.1) is 5.41 Å². The molecule has 7 heteroatoms. The summed E-state index contributed by atoms with van der Waals surface area (Å²) < 4.78 is 27.6. The first-order valence-corrected chi connectivity index (χ1v) is 8.46. The van der Waals surface area contributed by atoms with Crippen molar-refractivity contribution in [2.45, 2.75) is 64.2 Å². The zero-order chi connectivity index (χ0) is 15.0. The maximum absolute atomic E-state index is 12.4. The van der Waals surface area contributed by atoms with Crippen LogP contribution in [0.4, 0.5) is 0 Å². The highest BCUT2D eigenvalue weighted by Crippen LogP contribution is 2.23. The fourth-order valence-corrected chi connectivity index (χ4v) is 3.25. The molecule has 1 aromatic rings. The van der Waals surface area contributed by atoms with Crippen LogP contribution in [0.3, 0.4) is 0 Å². The van der Waals surface area contributed by atoms with Crippen LogP contribution in [0.1, 0.15) is 46.1 Å². The van der Waals surface area contributed by atoms with E-state index in [0.29, 0.717) is 18.2 Å². The molecule has 0 aromatic carbocycles. The molecule has 0 bridgehead atoms. The maximum Gasteiger partial charge on any atom is 0.258 e. The highest BCUT2D eigenvalue weighted by molar-refractivity contribution is 7.89. The summed E-state index contributed by atoms with van der Waals surface area (Å²) in [6.07, 6.45) is 3.91. The topological polar surface area (TPSA) is 86.9 Å². The molecule has 0 saturated heterocycles. The Balaban J connectivity index is 2.10. The average molecular weight is 300 g/mol. The molecule has 1 saturated carbocycles. The summed E-state index contributed by atoms with van der Waals surface area (Å²) in [6.45, 7) is 8.41. The predicted molar refractivity (Wildman–Crippen MR) is 77.7 cm³/mol. The van der Waals surface area contributed by atoms with Gasteiger partial charge in [0.05, 0.1) is 6.20 Å². The molecule has 6 nitrogen and oxygen atoms in total. The van der Waals surface area contributed by atoms with Gasteiger partial charge in [-0.3, -0.25) is 5.10 Å². The molecule has 0 amide bonds. The normalized spacial score (nSPS) is 18.2. The first kappa shape index (κ1) is 15.5. The van der Waals surface area contributed by atoms with Crippen LogP contribution >= 0.6 is 0 Å². The molecule has 3 N–H and O–H groups in total. The van der Waals surface area contributed by atoms with Crippen LogP contribution in [-0.2, 0) is 16.6 Å². The van der Waals surface area contributed by atoms with E-state index in [2.05, 4.69) is 20.2 Å². The van der Waals surface area contributed by atoms with Gasteiger partial charge in [-0.1, -0.05) is 20.8 Å². The number of hydrogen-bond acceptors (Lipinski definition) is 4. The Kier molecular flexibility index (Phi) is 4.22. The van der Waals surface area contributed by atoms with Crippen molar-refractivity contribution in [1.82, 2.24) is 20.2 Å². The molecule has 1 atom stereocenters. The number of sulfonamides is 1. The van der Waals surface area contributed by atoms with Crippen LogP contribution in [0.2, 0.25) is 0 Å². The summed E-state index contributed by atoms with van der Waals surface area (Å²) in [5.74, 6) is 0. The molecule has 1 unspecified atom stereocenters. The lowest BCUT2D eigenvalue weighted by Crippen LogP contribution is -2.41. The van der Waals surface area contributed by atoms with Crippen LogP contribution in [0.25, 0.3) is 0 Å². The summed E-state index contributed by atoms with van der Waals surface area (Å²) in [5, 5.41) is 9.95. The maximum atomic E-state index is 12.4. The molecular weight excluding hydrogens is 276 g/mol. The van der Waals surface area contributed by atoms with E-state index in [1.165, 1.54) is 12.8 Å². The van der Waals surface area contributed by atoms with E-state index in [9.17, 15) is 8.42 Å². The van der Waals surface area contributed by atoms with Crippen LogP contribution in [-0.4, -0.2) is 30.7 Å². The first-order valence-electron chi connectivity index (χ1n) is 6.98. The van der Waals surface area contributed by atoms with E-state index in [1.54, 1.807) is 6.20 Å². The van der Waals surface area contributed by atoms with E-state index in [4.69, 9.17) is 0 Å². The standard InChI is InChI=1S/C13H24N4O2S/c1-9(13(2,3)4)17-20(18,19)12-10(8-15-16-12)7-14-11-5-6-11/h8-9,11,14,17H,5-7H2,1-4H3,(H,15,16). The third-order valence-corrected chi connectivity index (χ3v) is 5.29. The second kappa shape index (κ2) is 5.46. The van der Waals surface area contributed by atoms with Gasteiger partial charge < -0.3 is 5.32 Å². The van der Waals surface area contributed by atoms with Gasteiger partial charge in [0.2, 0.25) is 0 Å². The zero-order valence-electron chi connectivity index (χ0n) is 12.5. The van der Waals surface area contributed by atoms with Gasteiger partial charge in [-0.05, 0) is 25.2 Å². The van der Waals surface area contributed by atoms with Gasteiger partial charge in [-0.2, -0.15) is 5.10 Å². The van der Waals surface area contributed by atoms with Crippen LogP contribution < -0.4 is 10.0 Å². The lowest BCUT2D eigenvalue weighted by atomic mass is 9.89. The first-order chi connectivity index (χ1) is 9.20. The van der Waals surface area contributed by atoms with Gasteiger partial charge in [-0.25, -0.2) is 13.1 Å². The summed E-state index contributed by atoms with van der Waals surface area (Å²) in [7, 11) is -3.57. The molecule has 20 heavy (non-hydrogen) atoms. The molecule has 1 fully saturated rings. The molecule has 1 aromatic heterocycles. The van der Waals surface area contributed by atoms with Gasteiger partial charge in [0, 0.05) is 24.2 Å². The number of nitrogens with zero attached hydrogens (tertiary/aromatic N) is 1. The molecule has 1 aliphatic carbocycles. The third kappa shape index (κ3) is 3.80. The monoisotopic (exact) mass is 300 g/mol. The highest BCUT2D eigenvalue weighted by Gasteiger charge is 2.29. The van der Waals surface area contributed by atoms with Crippen molar-refractivity contribution in [3.63, 3.8) is 0 Å². The van der Waals surface area contributed by atoms with Gasteiger partial charge >= 0.3 is 0 Å². The second-order valence-corrected chi connectivity index (χ2v) is 8.24. The Hall–Kier alpha value is -0.920. The summed E-state index contributed by atoms with van der Waals surface area (Å²) in [6, 6.07) is 0.363. The summed E-state index contributed by atoms with van der Waals surface area (Å²) in [4.78, 5) is 0. The van der Waals surface area contributed by atoms with E-state index in [1.807, 2.05) is 27.7 Å². The zero-order valence-corrected chi connectivity index (χ0v) is 13.3. The number of aromatic nitrogens is 2. The quantitative estimate of drug-likeness (QED) is 0.740. The number of rotatable bonds is 6. The molecular formula is C13H24N4O2S. The molecule has 0 aliphatic heterocycles. The largest absolute Gasteiger partial charge is 0.310 e. The van der Waals surface area contributed by atoms with Crippen molar-refractivity contribution in [3.05, 3.63) is 11.8 Å². The summed E-state index contributed by atoms with van der Waals surface area (Å²) >= 11 is 0. The van der Waals surface area contributed by atoms with Crippen molar-refractivity contribution in [2.24, 2.45) is 5.41 Å². The Morgan fingerprint density at radius 2 is 2.10 bits per heavy atom. The lowest BCUT2D eigenvalue weighted by molar-refractivity contribution is 0.317. The second-order valence-electron chi connectivity index (χ2n) is 6.59. The number of aromatic amines is 1. The SMILES string of the molecule is CC(NS(=O)(=O)c1[nH]ncc1CNC1CC1)C(C)(C)C. The van der Waals surface area contributed by atoms with Crippen molar-refractivity contribution < 1.29 is 8.42 Å². The van der Waals surface area contributed by atoms with Gasteiger partial charge in [0.1, 0.15) is 0 Å². The third-order valence-electron chi connectivity index (χ3n) is 3.74. The molecule has 114 valence electrons. The number of hydrogen-bond donors (Lipinski definition) is 3. The molecule has 1 heterocycles. The fourth-order valence-electron chi connectivity index (χ4n) is 1.67. The van der Waals surface area contributed by atoms with Crippen LogP contribution in [0.15, 0.2) is 11.2 Å². The molecule has 2 rings (SSSR count). The fraction of sp³-hybridized carbons (Fsp3) is 0.769. The van der Waals surface area contributed by atoms with Crippen molar-refractivity contribution >= 4 is 10.0 Å². The Morgan fingerprint density at radius 1 is 1.45 bits per heavy atom. The highest BCUT2D eigenvalue weighted by atomic mass is 32.2. The predicted octanol–water partition coefficient (Wildman–Crippen LogP) is 1.37. The smallest absolute Gasteiger partial charge is 0.258 e. The molecule has 0 radical (unpaired) electrons. The lowest BCUT2D eigenvalue weighted by Gasteiger charge is -2.27. The minimum atomic E-state index is -3.57. The average Bonchev–Trinajstić information content (AvgIpc) is 3.01. The minimum absolute atomic E-state index is 0.139. The van der Waals surface area contributed by atoms with Crippen molar-refractivity contribution in [1.29, 1.82) is 0 Å².